The molecule has 0 heterocycles. The molecule has 3 heteroatoms. The number of hydrogen-bond donors (Lipinski definition) is 2. The monoisotopic (exact) mass is 248 g/mol. The highest BCUT2D eigenvalue weighted by molar-refractivity contribution is 5.27. The van der Waals surface area contributed by atoms with Crippen LogP contribution in [-0.4, -0.2) is 32.8 Å². The summed E-state index contributed by atoms with van der Waals surface area (Å²) in [6.07, 6.45) is 5.07. The SMILES string of the molecule is COc1ccc(CCCNCCNC2CC2)cc1. The van der Waals surface area contributed by atoms with Gasteiger partial charge in [0.1, 0.15) is 5.75 Å². The summed E-state index contributed by atoms with van der Waals surface area (Å²) in [6.45, 7) is 3.28. The van der Waals surface area contributed by atoms with Crippen LogP contribution in [0.1, 0.15) is 24.8 Å². The second-order valence-electron chi connectivity index (χ2n) is 4.93. The lowest BCUT2D eigenvalue weighted by atomic mass is 10.1. The molecule has 0 spiro atoms. The van der Waals surface area contributed by atoms with Crippen molar-refractivity contribution in [3.63, 3.8) is 0 Å². The molecule has 1 fully saturated rings. The zero-order valence-electron chi connectivity index (χ0n) is 11.2. The molecule has 1 aromatic rings. The Balaban J connectivity index is 1.48. The first kappa shape index (κ1) is 13.4. The van der Waals surface area contributed by atoms with E-state index in [2.05, 4.69) is 22.8 Å². The Morgan fingerprint density at radius 2 is 1.89 bits per heavy atom. The summed E-state index contributed by atoms with van der Waals surface area (Å²) < 4.78 is 5.14. The van der Waals surface area contributed by atoms with Crippen molar-refractivity contribution in [1.29, 1.82) is 0 Å². The molecule has 3 nitrogen and oxygen atoms in total. The predicted molar refractivity (Wildman–Crippen MR) is 75.2 cm³/mol. The average molecular weight is 248 g/mol. The Labute approximate surface area is 110 Å². The van der Waals surface area contributed by atoms with Gasteiger partial charge >= 0.3 is 0 Å². The maximum absolute atomic E-state index is 5.14. The van der Waals surface area contributed by atoms with Crippen molar-refractivity contribution in [2.45, 2.75) is 31.7 Å². The van der Waals surface area contributed by atoms with Gasteiger partial charge in [0, 0.05) is 19.1 Å². The third kappa shape index (κ3) is 5.07. The molecular weight excluding hydrogens is 224 g/mol. The lowest BCUT2D eigenvalue weighted by Crippen LogP contribution is -2.29. The fourth-order valence-corrected chi connectivity index (χ4v) is 1.99. The van der Waals surface area contributed by atoms with Gasteiger partial charge in [-0.1, -0.05) is 12.1 Å². The van der Waals surface area contributed by atoms with Crippen LogP contribution in [0, 0.1) is 0 Å². The normalized spacial score (nSPS) is 14.7. The van der Waals surface area contributed by atoms with Crippen molar-refractivity contribution in [1.82, 2.24) is 10.6 Å². The van der Waals surface area contributed by atoms with E-state index in [9.17, 15) is 0 Å². The van der Waals surface area contributed by atoms with Gasteiger partial charge in [-0.15, -0.1) is 0 Å². The van der Waals surface area contributed by atoms with Gasteiger partial charge in [-0.05, 0) is 49.9 Å². The van der Waals surface area contributed by atoms with Crippen molar-refractivity contribution in [3.8, 4) is 5.75 Å². The molecule has 1 saturated carbocycles. The molecule has 2 N–H and O–H groups in total. The van der Waals surface area contributed by atoms with E-state index in [0.717, 1.165) is 37.8 Å². The smallest absolute Gasteiger partial charge is 0.118 e. The number of hydrogen-bond acceptors (Lipinski definition) is 3. The zero-order chi connectivity index (χ0) is 12.6. The molecule has 100 valence electrons. The van der Waals surface area contributed by atoms with Crippen LogP contribution in [0.3, 0.4) is 0 Å². The lowest BCUT2D eigenvalue weighted by molar-refractivity contribution is 0.414. The van der Waals surface area contributed by atoms with Crippen LogP contribution in [0.5, 0.6) is 5.75 Å². The zero-order valence-corrected chi connectivity index (χ0v) is 11.2. The first-order chi connectivity index (χ1) is 8.88. The van der Waals surface area contributed by atoms with E-state index in [1.165, 1.54) is 24.8 Å². The molecule has 1 aromatic carbocycles. The first-order valence-electron chi connectivity index (χ1n) is 6.95. The van der Waals surface area contributed by atoms with Crippen LogP contribution in [-0.2, 0) is 6.42 Å². The highest BCUT2D eigenvalue weighted by atomic mass is 16.5. The van der Waals surface area contributed by atoms with Gasteiger partial charge in [-0.2, -0.15) is 0 Å². The molecule has 0 saturated heterocycles. The topological polar surface area (TPSA) is 33.3 Å². The molecule has 0 aromatic heterocycles. The van der Waals surface area contributed by atoms with E-state index in [4.69, 9.17) is 4.74 Å². The molecule has 0 aliphatic heterocycles. The summed E-state index contributed by atoms with van der Waals surface area (Å²) in [6, 6.07) is 9.18. The fourth-order valence-electron chi connectivity index (χ4n) is 1.99. The summed E-state index contributed by atoms with van der Waals surface area (Å²) in [5.74, 6) is 0.933. The summed E-state index contributed by atoms with van der Waals surface area (Å²) in [5, 5.41) is 6.98. The van der Waals surface area contributed by atoms with Gasteiger partial charge in [0.05, 0.1) is 7.11 Å². The number of benzene rings is 1. The van der Waals surface area contributed by atoms with Gasteiger partial charge in [0.25, 0.3) is 0 Å². The highest BCUT2D eigenvalue weighted by Gasteiger charge is 2.19. The molecule has 0 atom stereocenters. The van der Waals surface area contributed by atoms with E-state index in [0.29, 0.717) is 0 Å². The second-order valence-corrected chi connectivity index (χ2v) is 4.93. The Kier molecular flexibility index (Phi) is 5.49. The van der Waals surface area contributed by atoms with E-state index in [1.54, 1.807) is 7.11 Å². The summed E-state index contributed by atoms with van der Waals surface area (Å²) >= 11 is 0. The molecular formula is C15H24N2O. The Morgan fingerprint density at radius 1 is 1.11 bits per heavy atom. The van der Waals surface area contributed by atoms with E-state index in [1.807, 2.05) is 12.1 Å². The van der Waals surface area contributed by atoms with Gasteiger partial charge in [-0.3, -0.25) is 0 Å². The number of aryl methyl sites for hydroxylation is 1. The van der Waals surface area contributed by atoms with Crippen LogP contribution >= 0.6 is 0 Å². The van der Waals surface area contributed by atoms with Crippen LogP contribution in [0.25, 0.3) is 0 Å². The molecule has 2 rings (SSSR count). The van der Waals surface area contributed by atoms with E-state index >= 15 is 0 Å². The maximum atomic E-state index is 5.14. The lowest BCUT2D eigenvalue weighted by Gasteiger charge is -2.06. The average Bonchev–Trinajstić information content (AvgIpc) is 3.22. The van der Waals surface area contributed by atoms with Crippen LogP contribution in [0.2, 0.25) is 0 Å². The quantitative estimate of drug-likeness (QED) is 0.656. The number of ether oxygens (including phenoxy) is 1. The molecule has 0 bridgehead atoms. The van der Waals surface area contributed by atoms with Crippen molar-refractivity contribution in [2.24, 2.45) is 0 Å². The Hall–Kier alpha value is -1.06. The Bertz CT molecular complexity index is 333. The minimum absolute atomic E-state index is 0.825. The second kappa shape index (κ2) is 7.39. The third-order valence-corrected chi connectivity index (χ3v) is 3.29. The minimum atomic E-state index is 0.825. The first-order valence-corrected chi connectivity index (χ1v) is 6.95. The van der Waals surface area contributed by atoms with E-state index < -0.39 is 0 Å². The van der Waals surface area contributed by atoms with Gasteiger partial charge in [0.15, 0.2) is 0 Å². The maximum Gasteiger partial charge on any atom is 0.118 e. The number of rotatable bonds is 9. The standard InChI is InChI=1S/C15H24N2O/c1-18-15-8-4-13(5-9-15)3-2-10-16-11-12-17-14-6-7-14/h4-5,8-9,14,16-17H,2-3,6-7,10-12H2,1H3. The highest BCUT2D eigenvalue weighted by Crippen LogP contribution is 2.17. The molecule has 0 unspecified atom stereocenters. The largest absolute Gasteiger partial charge is 0.497 e. The molecule has 0 amide bonds. The summed E-state index contributed by atoms with van der Waals surface area (Å²) in [5.41, 5.74) is 1.38. The van der Waals surface area contributed by atoms with Crippen molar-refractivity contribution in [2.75, 3.05) is 26.7 Å². The van der Waals surface area contributed by atoms with Crippen LogP contribution < -0.4 is 15.4 Å². The van der Waals surface area contributed by atoms with E-state index in [-0.39, 0.29) is 0 Å². The van der Waals surface area contributed by atoms with Gasteiger partial charge < -0.3 is 15.4 Å². The molecule has 1 aliphatic rings. The van der Waals surface area contributed by atoms with Crippen molar-refractivity contribution < 1.29 is 4.74 Å². The Morgan fingerprint density at radius 3 is 2.56 bits per heavy atom. The summed E-state index contributed by atoms with van der Waals surface area (Å²) in [4.78, 5) is 0. The number of nitrogens with one attached hydrogen (secondary N) is 2. The minimum Gasteiger partial charge on any atom is -0.497 e. The predicted octanol–water partition coefficient (Wildman–Crippen LogP) is 1.97. The van der Waals surface area contributed by atoms with Gasteiger partial charge in [-0.25, -0.2) is 0 Å². The summed E-state index contributed by atoms with van der Waals surface area (Å²) in [7, 11) is 1.70. The van der Waals surface area contributed by atoms with Gasteiger partial charge in [0.2, 0.25) is 0 Å². The van der Waals surface area contributed by atoms with Crippen LogP contribution in [0.4, 0.5) is 0 Å². The molecule has 1 aliphatic carbocycles. The molecule has 18 heavy (non-hydrogen) atoms. The fraction of sp³-hybridized carbons (Fsp3) is 0.600. The number of methoxy groups -OCH3 is 1. The molecule has 0 radical (unpaired) electrons. The van der Waals surface area contributed by atoms with Crippen molar-refractivity contribution >= 4 is 0 Å². The third-order valence-electron chi connectivity index (χ3n) is 3.29. The van der Waals surface area contributed by atoms with Crippen LogP contribution in [0.15, 0.2) is 24.3 Å². The van der Waals surface area contributed by atoms with Crippen molar-refractivity contribution in [3.05, 3.63) is 29.8 Å².